The first kappa shape index (κ1) is 32.7. The molecule has 0 bridgehead atoms. The number of ketones is 1. The summed E-state index contributed by atoms with van der Waals surface area (Å²) in [5.74, 6) is 1.74. The number of likely N-dealkylation sites (N-methyl/N-ethyl adjacent to an activating group) is 1. The minimum Gasteiger partial charge on any atom is -0.495 e. The molecule has 0 saturated carbocycles. The standard InChI is InChI=1S/C34H34Cl2N6O4/c1-40(2)12-7-10-24(43)15-21-8-6-9-22(14-21)20-42-26-17-30(38-29-11-13-41(3)39-29)37-19-23(26)16-25(34(42)44)31-32(35)27(45-4)18-28(46-5)33(31)36/h6-11,13-14,16-19H,12,15,20H2,1-5H3,(H,37,38,39)/b10-7+. The number of methoxy groups -OCH3 is 2. The highest BCUT2D eigenvalue weighted by Gasteiger charge is 2.23. The molecular weight excluding hydrogens is 627 g/mol. The minimum absolute atomic E-state index is 0.00354. The summed E-state index contributed by atoms with van der Waals surface area (Å²) in [6.45, 7) is 0.877. The van der Waals surface area contributed by atoms with Gasteiger partial charge in [-0.15, -0.1) is 0 Å². The highest BCUT2D eigenvalue weighted by molar-refractivity contribution is 6.41. The Morgan fingerprint density at radius 1 is 1.00 bits per heavy atom. The summed E-state index contributed by atoms with van der Waals surface area (Å²) in [5, 5.41) is 8.60. The van der Waals surface area contributed by atoms with E-state index in [1.54, 1.807) is 39.7 Å². The second-order valence-corrected chi connectivity index (χ2v) is 11.7. The van der Waals surface area contributed by atoms with Crippen LogP contribution in [0.4, 0.5) is 11.6 Å². The van der Waals surface area contributed by atoms with E-state index in [1.165, 1.54) is 14.2 Å². The Hall–Kier alpha value is -4.64. The van der Waals surface area contributed by atoms with Crippen LogP contribution in [0.5, 0.6) is 11.5 Å². The first-order valence-corrected chi connectivity index (χ1v) is 15.2. The molecule has 12 heteroatoms. The van der Waals surface area contributed by atoms with Crippen LogP contribution in [0.3, 0.4) is 0 Å². The van der Waals surface area contributed by atoms with Gasteiger partial charge >= 0.3 is 0 Å². The molecule has 0 spiro atoms. The van der Waals surface area contributed by atoms with E-state index in [2.05, 4.69) is 15.4 Å². The van der Waals surface area contributed by atoms with Crippen molar-refractivity contribution in [3.05, 3.63) is 105 Å². The third-order valence-electron chi connectivity index (χ3n) is 7.28. The van der Waals surface area contributed by atoms with Gasteiger partial charge in [0.1, 0.15) is 17.3 Å². The number of anilines is 2. The van der Waals surface area contributed by atoms with E-state index in [4.69, 9.17) is 32.7 Å². The lowest BCUT2D eigenvalue weighted by atomic mass is 10.0. The minimum atomic E-state index is -0.338. The van der Waals surface area contributed by atoms with Crippen LogP contribution in [-0.4, -0.2) is 64.9 Å². The second-order valence-electron chi connectivity index (χ2n) is 11.0. The number of halogens is 2. The molecule has 1 N–H and O–H groups in total. The van der Waals surface area contributed by atoms with Gasteiger partial charge in [-0.25, -0.2) is 4.98 Å². The maximum absolute atomic E-state index is 14.4. The molecule has 5 aromatic rings. The molecule has 2 aromatic carbocycles. The SMILES string of the molecule is COc1cc(OC)c(Cl)c(-c2cc3cnc(Nc4ccn(C)n4)cc3n(Cc3cccc(CC(=O)/C=C/CN(C)C)c3)c2=O)c1Cl. The van der Waals surface area contributed by atoms with Crippen LogP contribution in [0, 0.1) is 0 Å². The van der Waals surface area contributed by atoms with Gasteiger partial charge in [-0.3, -0.25) is 14.3 Å². The van der Waals surface area contributed by atoms with Crippen molar-refractivity contribution in [2.75, 3.05) is 40.2 Å². The predicted molar refractivity (Wildman–Crippen MR) is 183 cm³/mol. The fourth-order valence-electron chi connectivity index (χ4n) is 5.09. The summed E-state index contributed by atoms with van der Waals surface area (Å²) in [4.78, 5) is 33.6. The molecule has 3 aromatic heterocycles. The van der Waals surface area contributed by atoms with Gasteiger partial charge in [0.15, 0.2) is 11.6 Å². The Morgan fingerprint density at radius 3 is 2.37 bits per heavy atom. The number of hydrogen-bond donors (Lipinski definition) is 1. The number of aryl methyl sites for hydroxylation is 1. The molecule has 0 aliphatic heterocycles. The van der Waals surface area contributed by atoms with Gasteiger partial charge in [0.05, 0.1) is 41.9 Å². The molecule has 0 saturated heterocycles. The maximum atomic E-state index is 14.4. The molecule has 0 radical (unpaired) electrons. The summed E-state index contributed by atoms with van der Waals surface area (Å²) in [7, 11) is 8.67. The molecule has 0 amide bonds. The molecule has 0 fully saturated rings. The molecule has 238 valence electrons. The number of pyridine rings is 2. The van der Waals surface area contributed by atoms with E-state index < -0.39 is 0 Å². The number of allylic oxidation sites excluding steroid dienone is 1. The Labute approximate surface area is 276 Å². The van der Waals surface area contributed by atoms with Gasteiger partial charge < -0.3 is 24.3 Å². The number of hydrogen-bond acceptors (Lipinski definition) is 8. The topological polar surface area (TPSA) is 104 Å². The van der Waals surface area contributed by atoms with E-state index in [0.29, 0.717) is 46.1 Å². The summed E-state index contributed by atoms with van der Waals surface area (Å²) in [6, 6.07) is 14.6. The first-order chi connectivity index (χ1) is 22.1. The Morgan fingerprint density at radius 2 is 1.72 bits per heavy atom. The van der Waals surface area contributed by atoms with E-state index in [1.807, 2.05) is 68.6 Å². The van der Waals surface area contributed by atoms with Crippen molar-refractivity contribution in [3.63, 3.8) is 0 Å². The van der Waals surface area contributed by atoms with Crippen LogP contribution in [-0.2, 0) is 24.8 Å². The van der Waals surface area contributed by atoms with Gasteiger partial charge in [0.2, 0.25) is 0 Å². The van der Waals surface area contributed by atoms with E-state index in [9.17, 15) is 9.59 Å². The number of ether oxygens (including phenoxy) is 2. The van der Waals surface area contributed by atoms with Crippen LogP contribution >= 0.6 is 23.2 Å². The van der Waals surface area contributed by atoms with Crippen molar-refractivity contribution in [2.24, 2.45) is 7.05 Å². The van der Waals surface area contributed by atoms with Gasteiger partial charge in [0.25, 0.3) is 5.56 Å². The molecule has 0 aliphatic rings. The predicted octanol–water partition coefficient (Wildman–Crippen LogP) is 6.14. The van der Waals surface area contributed by atoms with E-state index in [0.717, 1.165) is 11.1 Å². The van der Waals surface area contributed by atoms with Crippen LogP contribution in [0.15, 0.2) is 77.9 Å². The average Bonchev–Trinajstić information content (AvgIpc) is 3.43. The Bertz CT molecular complexity index is 1970. The number of carbonyl (C=O) groups excluding carboxylic acids is 1. The van der Waals surface area contributed by atoms with Crippen LogP contribution in [0.25, 0.3) is 22.0 Å². The lowest BCUT2D eigenvalue weighted by molar-refractivity contribution is -0.114. The van der Waals surface area contributed by atoms with Crippen molar-refractivity contribution < 1.29 is 14.3 Å². The molecule has 0 atom stereocenters. The number of nitrogens with zero attached hydrogens (tertiary/aromatic N) is 5. The van der Waals surface area contributed by atoms with Crippen molar-refractivity contribution in [1.29, 1.82) is 0 Å². The fourth-order valence-corrected chi connectivity index (χ4v) is 5.79. The van der Waals surface area contributed by atoms with Gasteiger partial charge in [0, 0.05) is 61.6 Å². The third-order valence-corrected chi connectivity index (χ3v) is 8.03. The highest BCUT2D eigenvalue weighted by Crippen LogP contribution is 2.45. The molecule has 10 nitrogen and oxygen atoms in total. The van der Waals surface area contributed by atoms with Crippen molar-refractivity contribution >= 4 is 51.5 Å². The van der Waals surface area contributed by atoms with Gasteiger partial charge in [-0.1, -0.05) is 53.5 Å². The molecular formula is C34H34Cl2N6O4. The third kappa shape index (κ3) is 7.25. The molecule has 0 unspecified atom stereocenters. The highest BCUT2D eigenvalue weighted by atomic mass is 35.5. The van der Waals surface area contributed by atoms with E-state index in [-0.39, 0.29) is 39.9 Å². The van der Waals surface area contributed by atoms with Gasteiger partial charge in [-0.2, -0.15) is 5.10 Å². The van der Waals surface area contributed by atoms with Crippen molar-refractivity contribution in [2.45, 2.75) is 13.0 Å². The fraction of sp³-hybridized carbons (Fsp3) is 0.235. The number of benzene rings is 2. The summed E-state index contributed by atoms with van der Waals surface area (Å²) >= 11 is 13.5. The molecule has 0 aliphatic carbocycles. The summed E-state index contributed by atoms with van der Waals surface area (Å²) in [6.07, 6.45) is 7.18. The number of fused-ring (bicyclic) bond motifs is 1. The first-order valence-electron chi connectivity index (χ1n) is 14.4. The lowest BCUT2D eigenvalue weighted by Crippen LogP contribution is -2.23. The largest absolute Gasteiger partial charge is 0.495 e. The number of aromatic nitrogens is 4. The molecule has 5 rings (SSSR count). The number of carbonyl (C=O) groups is 1. The summed E-state index contributed by atoms with van der Waals surface area (Å²) in [5.41, 5.74) is 2.50. The normalized spacial score (nSPS) is 11.5. The average molecular weight is 662 g/mol. The van der Waals surface area contributed by atoms with Crippen molar-refractivity contribution in [1.82, 2.24) is 24.2 Å². The zero-order valence-electron chi connectivity index (χ0n) is 26.2. The quantitative estimate of drug-likeness (QED) is 0.159. The lowest BCUT2D eigenvalue weighted by Gasteiger charge is -2.18. The monoisotopic (exact) mass is 660 g/mol. The molecule has 3 heterocycles. The zero-order valence-corrected chi connectivity index (χ0v) is 27.7. The van der Waals surface area contributed by atoms with Crippen LogP contribution < -0.4 is 20.3 Å². The number of rotatable bonds is 12. The second kappa shape index (κ2) is 14.2. The van der Waals surface area contributed by atoms with Crippen LogP contribution in [0.1, 0.15) is 11.1 Å². The summed E-state index contributed by atoms with van der Waals surface area (Å²) < 4.78 is 14.3. The maximum Gasteiger partial charge on any atom is 0.259 e. The van der Waals surface area contributed by atoms with Crippen LogP contribution in [0.2, 0.25) is 10.0 Å². The molecule has 46 heavy (non-hydrogen) atoms. The van der Waals surface area contributed by atoms with Crippen molar-refractivity contribution in [3.8, 4) is 22.6 Å². The Balaban J connectivity index is 1.63. The zero-order chi connectivity index (χ0) is 33.0. The van der Waals surface area contributed by atoms with Gasteiger partial charge in [-0.05, 0) is 37.4 Å². The Kier molecular flexibility index (Phi) is 10.1. The number of nitrogens with one attached hydrogen (secondary N) is 1. The van der Waals surface area contributed by atoms with E-state index >= 15 is 0 Å². The smallest absolute Gasteiger partial charge is 0.259 e.